The maximum absolute atomic E-state index is 11.3. The quantitative estimate of drug-likeness (QED) is 0.678. The van der Waals surface area contributed by atoms with E-state index in [0.717, 1.165) is 6.54 Å². The lowest BCUT2D eigenvalue weighted by Crippen LogP contribution is -2.36. The van der Waals surface area contributed by atoms with E-state index in [0.29, 0.717) is 19.4 Å². The summed E-state index contributed by atoms with van der Waals surface area (Å²) >= 11 is 0. The van der Waals surface area contributed by atoms with Crippen molar-refractivity contribution in [1.29, 1.82) is 0 Å². The van der Waals surface area contributed by atoms with Gasteiger partial charge in [-0.2, -0.15) is 0 Å². The van der Waals surface area contributed by atoms with Crippen LogP contribution >= 0.6 is 0 Å². The standard InChI is InChI=1S/C9H16N2O2/c1-3-8(12)10-7-5-9(13)11(4-2)6-7/h7H,3-6H2,1-2H3,(H,10,12)/t7-/m1/s1. The fourth-order valence-corrected chi connectivity index (χ4v) is 1.50. The Bertz CT molecular complexity index is 216. The van der Waals surface area contributed by atoms with Gasteiger partial charge in [-0.15, -0.1) is 0 Å². The van der Waals surface area contributed by atoms with Crippen LogP contribution in [0.15, 0.2) is 0 Å². The Hall–Kier alpha value is -1.06. The molecule has 0 aromatic carbocycles. The molecule has 1 rings (SSSR count). The van der Waals surface area contributed by atoms with Crippen LogP contribution in [0.4, 0.5) is 0 Å². The predicted molar refractivity (Wildman–Crippen MR) is 49.1 cm³/mol. The molecular weight excluding hydrogens is 168 g/mol. The summed E-state index contributed by atoms with van der Waals surface area (Å²) in [7, 11) is 0. The van der Waals surface area contributed by atoms with E-state index in [1.807, 2.05) is 13.8 Å². The number of hydrogen-bond donors (Lipinski definition) is 1. The van der Waals surface area contributed by atoms with Gasteiger partial charge in [0.2, 0.25) is 11.8 Å². The maximum Gasteiger partial charge on any atom is 0.224 e. The second kappa shape index (κ2) is 4.25. The molecule has 1 heterocycles. The zero-order chi connectivity index (χ0) is 9.84. The van der Waals surface area contributed by atoms with Crippen molar-refractivity contribution in [1.82, 2.24) is 10.2 Å². The fourth-order valence-electron chi connectivity index (χ4n) is 1.50. The molecule has 0 aromatic rings. The molecule has 0 aromatic heterocycles. The third kappa shape index (κ3) is 2.44. The van der Waals surface area contributed by atoms with Crippen molar-refractivity contribution < 1.29 is 9.59 Å². The van der Waals surface area contributed by atoms with Crippen LogP contribution in [0, 0.1) is 0 Å². The largest absolute Gasteiger partial charge is 0.351 e. The summed E-state index contributed by atoms with van der Waals surface area (Å²) in [5, 5.41) is 2.82. The molecular formula is C9H16N2O2. The van der Waals surface area contributed by atoms with E-state index < -0.39 is 0 Å². The molecule has 0 saturated carbocycles. The zero-order valence-corrected chi connectivity index (χ0v) is 8.17. The van der Waals surface area contributed by atoms with Crippen LogP contribution in [0.5, 0.6) is 0 Å². The molecule has 0 spiro atoms. The van der Waals surface area contributed by atoms with Gasteiger partial charge in [-0.25, -0.2) is 0 Å². The highest BCUT2D eigenvalue weighted by Gasteiger charge is 2.28. The predicted octanol–water partition coefficient (Wildman–Crippen LogP) is 0.133. The number of rotatable bonds is 3. The minimum Gasteiger partial charge on any atom is -0.351 e. The highest BCUT2D eigenvalue weighted by molar-refractivity contribution is 5.82. The van der Waals surface area contributed by atoms with Gasteiger partial charge in [-0.05, 0) is 6.92 Å². The van der Waals surface area contributed by atoms with Gasteiger partial charge in [0, 0.05) is 25.9 Å². The maximum atomic E-state index is 11.3. The molecule has 4 nitrogen and oxygen atoms in total. The van der Waals surface area contributed by atoms with Gasteiger partial charge in [-0.3, -0.25) is 9.59 Å². The summed E-state index contributed by atoms with van der Waals surface area (Å²) in [6.45, 7) is 5.16. The molecule has 74 valence electrons. The van der Waals surface area contributed by atoms with Crippen molar-refractivity contribution in [3.05, 3.63) is 0 Å². The SMILES string of the molecule is CCC(=O)N[C@@H]1CC(=O)N(CC)C1. The second-order valence-electron chi connectivity index (χ2n) is 3.25. The molecule has 1 N–H and O–H groups in total. The van der Waals surface area contributed by atoms with Crippen LogP contribution in [-0.2, 0) is 9.59 Å². The van der Waals surface area contributed by atoms with Crippen LogP contribution in [0.2, 0.25) is 0 Å². The third-order valence-corrected chi connectivity index (χ3v) is 2.28. The number of carbonyl (C=O) groups is 2. The van der Waals surface area contributed by atoms with E-state index >= 15 is 0 Å². The van der Waals surface area contributed by atoms with Crippen molar-refractivity contribution in [2.24, 2.45) is 0 Å². The average Bonchev–Trinajstić information content (AvgIpc) is 2.46. The van der Waals surface area contributed by atoms with Gasteiger partial charge in [0.1, 0.15) is 0 Å². The molecule has 0 unspecified atom stereocenters. The summed E-state index contributed by atoms with van der Waals surface area (Å²) in [5.74, 6) is 0.166. The Kier molecular flexibility index (Phi) is 3.28. The molecule has 1 atom stereocenters. The lowest BCUT2D eigenvalue weighted by atomic mass is 10.2. The molecule has 13 heavy (non-hydrogen) atoms. The second-order valence-corrected chi connectivity index (χ2v) is 3.25. The Balaban J connectivity index is 2.40. The Labute approximate surface area is 78.3 Å². The van der Waals surface area contributed by atoms with E-state index in [-0.39, 0.29) is 17.9 Å². The molecule has 2 amide bonds. The fraction of sp³-hybridized carbons (Fsp3) is 0.778. The molecule has 0 bridgehead atoms. The van der Waals surface area contributed by atoms with Crippen molar-refractivity contribution in [2.45, 2.75) is 32.7 Å². The van der Waals surface area contributed by atoms with Crippen LogP contribution in [0.1, 0.15) is 26.7 Å². The van der Waals surface area contributed by atoms with Crippen molar-refractivity contribution in [3.8, 4) is 0 Å². The van der Waals surface area contributed by atoms with Crippen LogP contribution in [-0.4, -0.2) is 35.8 Å². The van der Waals surface area contributed by atoms with E-state index in [2.05, 4.69) is 5.32 Å². The van der Waals surface area contributed by atoms with Gasteiger partial charge in [-0.1, -0.05) is 6.92 Å². The molecule has 0 aliphatic carbocycles. The third-order valence-electron chi connectivity index (χ3n) is 2.28. The van der Waals surface area contributed by atoms with E-state index in [1.165, 1.54) is 0 Å². The molecule has 1 aliphatic heterocycles. The number of hydrogen-bond acceptors (Lipinski definition) is 2. The number of nitrogens with zero attached hydrogens (tertiary/aromatic N) is 1. The summed E-state index contributed by atoms with van der Waals surface area (Å²) in [4.78, 5) is 24.1. The van der Waals surface area contributed by atoms with Crippen molar-refractivity contribution in [2.75, 3.05) is 13.1 Å². The molecule has 1 aliphatic rings. The highest BCUT2D eigenvalue weighted by Crippen LogP contribution is 2.10. The summed E-state index contributed by atoms with van der Waals surface area (Å²) in [6, 6.07) is 0.0277. The zero-order valence-electron chi connectivity index (χ0n) is 8.17. The summed E-state index contributed by atoms with van der Waals surface area (Å²) < 4.78 is 0. The smallest absolute Gasteiger partial charge is 0.224 e. The minimum atomic E-state index is 0.0238. The van der Waals surface area contributed by atoms with Crippen molar-refractivity contribution in [3.63, 3.8) is 0 Å². The average molecular weight is 184 g/mol. The topological polar surface area (TPSA) is 49.4 Å². The first-order valence-electron chi connectivity index (χ1n) is 4.74. The van der Waals surface area contributed by atoms with Gasteiger partial charge in [0.05, 0.1) is 6.04 Å². The van der Waals surface area contributed by atoms with Gasteiger partial charge in [0.15, 0.2) is 0 Å². The van der Waals surface area contributed by atoms with Gasteiger partial charge >= 0.3 is 0 Å². The Morgan fingerprint density at radius 3 is 2.77 bits per heavy atom. The lowest BCUT2D eigenvalue weighted by molar-refractivity contribution is -0.127. The minimum absolute atomic E-state index is 0.0238. The first kappa shape index (κ1) is 10.0. The van der Waals surface area contributed by atoms with Crippen LogP contribution < -0.4 is 5.32 Å². The van der Waals surface area contributed by atoms with Crippen molar-refractivity contribution >= 4 is 11.8 Å². The monoisotopic (exact) mass is 184 g/mol. The lowest BCUT2D eigenvalue weighted by Gasteiger charge is -2.14. The first-order valence-corrected chi connectivity index (χ1v) is 4.74. The highest BCUT2D eigenvalue weighted by atomic mass is 16.2. The molecule has 0 radical (unpaired) electrons. The van der Waals surface area contributed by atoms with E-state index in [9.17, 15) is 9.59 Å². The number of likely N-dealkylation sites (N-methyl/N-ethyl adjacent to an activating group) is 1. The van der Waals surface area contributed by atoms with Crippen LogP contribution in [0.3, 0.4) is 0 Å². The normalized spacial score (nSPS) is 22.2. The van der Waals surface area contributed by atoms with E-state index in [1.54, 1.807) is 4.90 Å². The number of amides is 2. The number of carbonyl (C=O) groups excluding carboxylic acids is 2. The number of likely N-dealkylation sites (tertiary alicyclic amines) is 1. The summed E-state index contributed by atoms with van der Waals surface area (Å²) in [5.41, 5.74) is 0. The van der Waals surface area contributed by atoms with Gasteiger partial charge < -0.3 is 10.2 Å². The summed E-state index contributed by atoms with van der Waals surface area (Å²) in [6.07, 6.45) is 0.941. The Morgan fingerprint density at radius 1 is 1.62 bits per heavy atom. The number of nitrogens with one attached hydrogen (secondary N) is 1. The molecule has 1 fully saturated rings. The van der Waals surface area contributed by atoms with Gasteiger partial charge in [0.25, 0.3) is 0 Å². The van der Waals surface area contributed by atoms with E-state index in [4.69, 9.17) is 0 Å². The first-order chi connectivity index (χ1) is 6.17. The molecule has 4 heteroatoms. The Morgan fingerprint density at radius 2 is 2.31 bits per heavy atom. The van der Waals surface area contributed by atoms with Crippen LogP contribution in [0.25, 0.3) is 0 Å². The molecule has 1 saturated heterocycles.